The fraction of sp³-hybridized carbons (Fsp3) is 1.00. The lowest BCUT2D eigenvalue weighted by Crippen LogP contribution is -2.51. The van der Waals surface area contributed by atoms with E-state index < -0.39 is 0 Å². The minimum absolute atomic E-state index is 0.707. The Labute approximate surface area is 113 Å². The Balaban J connectivity index is 1.76. The Morgan fingerprint density at radius 3 is 2.56 bits per heavy atom. The second-order valence-electron chi connectivity index (χ2n) is 6.66. The molecule has 0 aromatic carbocycles. The third-order valence-corrected chi connectivity index (χ3v) is 4.86. The Morgan fingerprint density at radius 2 is 1.94 bits per heavy atom. The molecule has 0 bridgehead atoms. The number of likely N-dealkylation sites (N-methyl/N-ethyl adjacent to an activating group) is 1. The molecule has 0 aromatic rings. The maximum absolute atomic E-state index is 3.67. The number of nitrogens with one attached hydrogen (secondary N) is 1. The van der Waals surface area contributed by atoms with Gasteiger partial charge in [-0.2, -0.15) is 0 Å². The first kappa shape index (κ1) is 14.3. The predicted octanol–water partition coefficient (Wildman–Crippen LogP) is 1.79. The number of piperidine rings is 1. The predicted molar refractivity (Wildman–Crippen MR) is 77.9 cm³/mol. The van der Waals surface area contributed by atoms with Crippen LogP contribution in [0.2, 0.25) is 0 Å². The largest absolute Gasteiger partial charge is 0.314 e. The molecule has 3 atom stereocenters. The van der Waals surface area contributed by atoms with Gasteiger partial charge in [0.2, 0.25) is 0 Å². The number of likely N-dealkylation sites (tertiary alicyclic amines) is 1. The van der Waals surface area contributed by atoms with Gasteiger partial charge in [0.25, 0.3) is 0 Å². The van der Waals surface area contributed by atoms with Crippen LogP contribution in [0.4, 0.5) is 0 Å². The van der Waals surface area contributed by atoms with Gasteiger partial charge >= 0.3 is 0 Å². The van der Waals surface area contributed by atoms with Crippen LogP contribution in [0.15, 0.2) is 0 Å². The number of hydrogen-bond donors (Lipinski definition) is 1. The van der Waals surface area contributed by atoms with Crippen molar-refractivity contribution in [1.82, 2.24) is 15.1 Å². The zero-order valence-corrected chi connectivity index (χ0v) is 12.7. The molecule has 1 saturated carbocycles. The van der Waals surface area contributed by atoms with Gasteiger partial charge in [-0.3, -0.25) is 4.90 Å². The Morgan fingerprint density at radius 1 is 1.22 bits per heavy atom. The minimum Gasteiger partial charge on any atom is -0.314 e. The summed E-state index contributed by atoms with van der Waals surface area (Å²) in [6.45, 7) is 8.55. The summed E-state index contributed by atoms with van der Waals surface area (Å²) >= 11 is 0. The van der Waals surface area contributed by atoms with Gasteiger partial charge in [-0.25, -0.2) is 0 Å². The highest BCUT2D eigenvalue weighted by atomic mass is 15.2. The molecule has 0 spiro atoms. The summed E-state index contributed by atoms with van der Waals surface area (Å²) in [5.74, 6) is 0.756. The summed E-state index contributed by atoms with van der Waals surface area (Å²) in [5.41, 5.74) is 0. The molecule has 1 aliphatic carbocycles. The zero-order chi connectivity index (χ0) is 13.1. The van der Waals surface area contributed by atoms with Gasteiger partial charge in [0.1, 0.15) is 0 Å². The summed E-state index contributed by atoms with van der Waals surface area (Å²) < 4.78 is 0. The molecule has 3 heteroatoms. The Hall–Kier alpha value is -0.120. The number of rotatable bonds is 6. The maximum atomic E-state index is 3.67. The monoisotopic (exact) mass is 253 g/mol. The highest BCUT2D eigenvalue weighted by Gasteiger charge is 2.28. The van der Waals surface area contributed by atoms with E-state index in [0.29, 0.717) is 6.04 Å². The first-order valence-corrected chi connectivity index (χ1v) is 7.71. The smallest absolute Gasteiger partial charge is 0.0217 e. The highest BCUT2D eigenvalue weighted by Crippen LogP contribution is 2.22. The van der Waals surface area contributed by atoms with E-state index in [1.807, 2.05) is 0 Å². The first-order valence-electron chi connectivity index (χ1n) is 7.71. The lowest BCUT2D eigenvalue weighted by Gasteiger charge is -2.41. The molecular weight excluding hydrogens is 222 g/mol. The van der Waals surface area contributed by atoms with E-state index in [1.54, 1.807) is 0 Å². The number of hydrogen-bond acceptors (Lipinski definition) is 3. The molecule has 2 aliphatic rings. The standard InChI is InChI=1S/C15H31N3/c1-12(10-16-14-7-8-14)13(2)18-9-5-6-15(11-18)17(3)4/h12-16H,5-11H2,1-4H3. The van der Waals surface area contributed by atoms with Crippen molar-refractivity contribution in [2.75, 3.05) is 33.7 Å². The second kappa shape index (κ2) is 6.36. The average molecular weight is 253 g/mol. The Kier molecular flexibility index (Phi) is 5.05. The molecule has 0 radical (unpaired) electrons. The van der Waals surface area contributed by atoms with Crippen LogP contribution in [0.25, 0.3) is 0 Å². The Bertz CT molecular complexity index is 250. The van der Waals surface area contributed by atoms with Crippen LogP contribution in [-0.4, -0.2) is 61.7 Å². The summed E-state index contributed by atoms with van der Waals surface area (Å²) in [6, 6.07) is 2.30. The van der Waals surface area contributed by atoms with Gasteiger partial charge in [0.05, 0.1) is 0 Å². The van der Waals surface area contributed by atoms with Crippen LogP contribution in [-0.2, 0) is 0 Å². The average Bonchev–Trinajstić information content (AvgIpc) is 3.19. The van der Waals surface area contributed by atoms with Crippen LogP contribution < -0.4 is 5.32 Å². The number of nitrogens with zero attached hydrogens (tertiary/aromatic N) is 2. The van der Waals surface area contributed by atoms with Gasteiger partial charge in [-0.1, -0.05) is 6.92 Å². The summed E-state index contributed by atoms with van der Waals surface area (Å²) in [4.78, 5) is 5.10. The van der Waals surface area contributed by atoms with Gasteiger partial charge in [0.15, 0.2) is 0 Å². The first-order chi connectivity index (χ1) is 8.58. The van der Waals surface area contributed by atoms with Crippen LogP contribution in [0.3, 0.4) is 0 Å². The second-order valence-corrected chi connectivity index (χ2v) is 6.66. The van der Waals surface area contributed by atoms with Crippen LogP contribution in [0.5, 0.6) is 0 Å². The normalized spacial score (nSPS) is 29.5. The van der Waals surface area contributed by atoms with E-state index in [0.717, 1.165) is 18.0 Å². The maximum Gasteiger partial charge on any atom is 0.0217 e. The van der Waals surface area contributed by atoms with Crippen molar-refractivity contribution in [3.05, 3.63) is 0 Å². The van der Waals surface area contributed by atoms with E-state index in [9.17, 15) is 0 Å². The SMILES string of the molecule is CC(CNC1CC1)C(C)N1CCCC(N(C)C)C1. The minimum atomic E-state index is 0.707. The summed E-state index contributed by atoms with van der Waals surface area (Å²) in [5, 5.41) is 3.67. The lowest BCUT2D eigenvalue weighted by atomic mass is 9.97. The van der Waals surface area contributed by atoms with Crippen molar-refractivity contribution in [3.63, 3.8) is 0 Å². The molecule has 1 saturated heterocycles. The summed E-state index contributed by atoms with van der Waals surface area (Å²) in [7, 11) is 4.44. The van der Waals surface area contributed by atoms with Crippen molar-refractivity contribution in [2.24, 2.45) is 5.92 Å². The molecule has 3 unspecified atom stereocenters. The fourth-order valence-corrected chi connectivity index (χ4v) is 2.95. The fourth-order valence-electron chi connectivity index (χ4n) is 2.95. The molecule has 2 rings (SSSR count). The topological polar surface area (TPSA) is 18.5 Å². The lowest BCUT2D eigenvalue weighted by molar-refractivity contribution is 0.0800. The molecule has 1 heterocycles. The van der Waals surface area contributed by atoms with Gasteiger partial charge in [0, 0.05) is 24.7 Å². The highest BCUT2D eigenvalue weighted by molar-refractivity contribution is 4.86. The van der Waals surface area contributed by atoms with Crippen molar-refractivity contribution in [1.29, 1.82) is 0 Å². The molecule has 3 nitrogen and oxygen atoms in total. The summed E-state index contributed by atoms with van der Waals surface area (Å²) in [6.07, 6.45) is 5.52. The van der Waals surface area contributed by atoms with Crippen LogP contribution in [0.1, 0.15) is 39.5 Å². The molecule has 1 N–H and O–H groups in total. The molecule has 18 heavy (non-hydrogen) atoms. The van der Waals surface area contributed by atoms with E-state index in [4.69, 9.17) is 0 Å². The van der Waals surface area contributed by atoms with Crippen LogP contribution in [0, 0.1) is 5.92 Å². The molecule has 1 aliphatic heterocycles. The molecular formula is C15H31N3. The molecule has 0 aromatic heterocycles. The molecule has 106 valence electrons. The van der Waals surface area contributed by atoms with Crippen molar-refractivity contribution < 1.29 is 0 Å². The van der Waals surface area contributed by atoms with Crippen molar-refractivity contribution in [2.45, 2.75) is 57.7 Å². The van der Waals surface area contributed by atoms with E-state index in [1.165, 1.54) is 45.3 Å². The van der Waals surface area contributed by atoms with Crippen molar-refractivity contribution >= 4 is 0 Å². The van der Waals surface area contributed by atoms with E-state index in [2.05, 4.69) is 43.1 Å². The van der Waals surface area contributed by atoms with E-state index in [-0.39, 0.29) is 0 Å². The van der Waals surface area contributed by atoms with Crippen molar-refractivity contribution in [3.8, 4) is 0 Å². The third kappa shape index (κ3) is 3.94. The molecule has 2 fully saturated rings. The zero-order valence-electron chi connectivity index (χ0n) is 12.7. The van der Waals surface area contributed by atoms with Crippen LogP contribution >= 0.6 is 0 Å². The van der Waals surface area contributed by atoms with Gasteiger partial charge in [-0.05, 0) is 65.7 Å². The quantitative estimate of drug-likeness (QED) is 0.778. The van der Waals surface area contributed by atoms with E-state index >= 15 is 0 Å². The van der Waals surface area contributed by atoms with Gasteiger partial charge < -0.3 is 10.2 Å². The third-order valence-electron chi connectivity index (χ3n) is 4.86. The van der Waals surface area contributed by atoms with Gasteiger partial charge in [-0.15, -0.1) is 0 Å². The molecule has 0 amide bonds.